The summed E-state index contributed by atoms with van der Waals surface area (Å²) in [6, 6.07) is 0. The molecule has 0 amide bonds. The lowest BCUT2D eigenvalue weighted by Gasteiger charge is -2.48. The van der Waals surface area contributed by atoms with E-state index in [1.165, 1.54) is 77.0 Å². The Morgan fingerprint density at radius 3 is 1.00 bits per heavy atom. The summed E-state index contributed by atoms with van der Waals surface area (Å²) >= 11 is 0. The zero-order valence-corrected chi connectivity index (χ0v) is 16.4. The standard InChI is InChI=1S/C24H30Si/c1-2-14-4-3-13(1)19-20(14)22-16-7-11-18(12-8-16)24(22)25-23-17-9-5-15(6-10-17)21(19)23/h13-18H,1-12H2. The van der Waals surface area contributed by atoms with Crippen LogP contribution in [0.25, 0.3) is 0 Å². The summed E-state index contributed by atoms with van der Waals surface area (Å²) in [6.07, 6.45) is 18.3. The lowest BCUT2D eigenvalue weighted by molar-refractivity contribution is 0.260. The monoisotopic (exact) mass is 346 g/mol. The van der Waals surface area contributed by atoms with E-state index in [-0.39, 0.29) is 0 Å². The van der Waals surface area contributed by atoms with Crippen molar-refractivity contribution in [2.75, 3.05) is 0 Å². The van der Waals surface area contributed by atoms with Crippen LogP contribution >= 0.6 is 0 Å². The second-order valence-electron chi connectivity index (χ2n) is 10.3. The molecular formula is C24H30Si. The Bertz CT molecular complexity index is 664. The maximum Gasteiger partial charge on any atom is 0.111 e. The molecule has 130 valence electrons. The van der Waals surface area contributed by atoms with Crippen molar-refractivity contribution in [2.45, 2.75) is 77.0 Å². The minimum Gasteiger partial charge on any atom is -0.0730 e. The van der Waals surface area contributed by atoms with Gasteiger partial charge in [0.15, 0.2) is 0 Å². The fourth-order valence-electron chi connectivity index (χ4n) is 8.28. The van der Waals surface area contributed by atoms with Gasteiger partial charge in [0, 0.05) is 0 Å². The molecule has 2 radical (unpaired) electrons. The molecule has 3 saturated carbocycles. The van der Waals surface area contributed by atoms with Gasteiger partial charge in [-0.15, -0.1) is 0 Å². The zero-order valence-electron chi connectivity index (χ0n) is 15.4. The SMILES string of the molecule is C1CC2CCC1C1=C2C2=C(C3=C([Si]1)C1CCC3CC1)C1CCC2CC1. The van der Waals surface area contributed by atoms with E-state index in [9.17, 15) is 0 Å². The van der Waals surface area contributed by atoms with E-state index < -0.39 is 0 Å². The van der Waals surface area contributed by atoms with Crippen molar-refractivity contribution in [1.29, 1.82) is 0 Å². The Labute approximate surface area is 155 Å². The van der Waals surface area contributed by atoms with Crippen LogP contribution in [0.1, 0.15) is 77.0 Å². The highest BCUT2D eigenvalue weighted by Gasteiger charge is 2.49. The van der Waals surface area contributed by atoms with Crippen LogP contribution in [-0.2, 0) is 0 Å². The Balaban J connectivity index is 1.53. The Kier molecular flexibility index (Phi) is 2.91. The first kappa shape index (κ1) is 14.5. The Morgan fingerprint density at radius 2 is 0.640 bits per heavy atom. The van der Waals surface area contributed by atoms with Crippen LogP contribution in [-0.4, -0.2) is 9.52 Å². The molecule has 1 aliphatic heterocycles. The van der Waals surface area contributed by atoms with E-state index in [2.05, 4.69) is 0 Å². The van der Waals surface area contributed by atoms with Crippen LogP contribution in [0.4, 0.5) is 0 Å². The molecule has 6 bridgehead atoms. The quantitative estimate of drug-likeness (QED) is 0.474. The summed E-state index contributed by atoms with van der Waals surface area (Å²) in [5.41, 5.74) is 8.05. The van der Waals surface area contributed by atoms with Gasteiger partial charge in [-0.3, -0.25) is 0 Å². The fraction of sp³-hybridized carbons (Fsp3) is 0.750. The van der Waals surface area contributed by atoms with Gasteiger partial charge in [0.05, 0.1) is 0 Å². The van der Waals surface area contributed by atoms with E-state index in [4.69, 9.17) is 0 Å². The van der Waals surface area contributed by atoms with Gasteiger partial charge in [-0.25, -0.2) is 0 Å². The minimum absolute atomic E-state index is 0.960. The van der Waals surface area contributed by atoms with Gasteiger partial charge in [0.25, 0.3) is 0 Å². The van der Waals surface area contributed by atoms with E-state index >= 15 is 0 Å². The Hall–Kier alpha value is -0.563. The third kappa shape index (κ3) is 1.80. The molecule has 25 heavy (non-hydrogen) atoms. The summed E-state index contributed by atoms with van der Waals surface area (Å²) in [5, 5.41) is 4.06. The molecule has 3 fully saturated rings. The molecule has 9 aliphatic carbocycles. The molecule has 10 rings (SSSR count). The average molecular weight is 347 g/mol. The molecule has 0 atom stereocenters. The molecule has 1 heterocycles. The smallest absolute Gasteiger partial charge is 0.0730 e. The van der Waals surface area contributed by atoms with E-state index in [0.717, 1.165) is 45.0 Å². The van der Waals surface area contributed by atoms with Crippen LogP contribution in [0.2, 0.25) is 0 Å². The van der Waals surface area contributed by atoms with Gasteiger partial charge in [-0.1, -0.05) is 10.4 Å². The molecule has 0 spiro atoms. The molecular weight excluding hydrogens is 316 g/mol. The largest absolute Gasteiger partial charge is 0.111 e. The lowest BCUT2D eigenvalue weighted by atomic mass is 9.56. The first-order valence-corrected chi connectivity index (χ1v) is 12.4. The molecule has 0 unspecified atom stereocenters. The number of hydrogen-bond donors (Lipinski definition) is 0. The predicted octanol–water partition coefficient (Wildman–Crippen LogP) is 5.97. The highest BCUT2D eigenvalue weighted by atomic mass is 28.2. The van der Waals surface area contributed by atoms with Gasteiger partial charge in [-0.05, 0) is 135 Å². The van der Waals surface area contributed by atoms with Crippen molar-refractivity contribution < 1.29 is 0 Å². The number of rotatable bonds is 0. The van der Waals surface area contributed by atoms with E-state index in [1.54, 1.807) is 0 Å². The fourth-order valence-corrected chi connectivity index (χ4v) is 10.5. The number of allylic oxidation sites excluding steroid dienone is 6. The van der Waals surface area contributed by atoms with Gasteiger partial charge < -0.3 is 0 Å². The number of fused-ring (bicyclic) bond motifs is 6. The highest BCUT2D eigenvalue weighted by Crippen LogP contribution is 2.61. The molecule has 0 saturated heterocycles. The summed E-state index contributed by atoms with van der Waals surface area (Å²) in [5.74, 6) is 5.83. The second-order valence-corrected chi connectivity index (χ2v) is 11.6. The van der Waals surface area contributed by atoms with Gasteiger partial charge in [0.1, 0.15) is 9.52 Å². The minimum atomic E-state index is 0.960. The zero-order chi connectivity index (χ0) is 16.1. The van der Waals surface area contributed by atoms with Gasteiger partial charge in [-0.2, -0.15) is 0 Å². The maximum absolute atomic E-state index is 2.03. The average Bonchev–Trinajstić information content (AvgIpc) is 2.89. The van der Waals surface area contributed by atoms with Crippen LogP contribution in [0, 0.1) is 35.5 Å². The van der Waals surface area contributed by atoms with Crippen molar-refractivity contribution in [2.24, 2.45) is 35.5 Å². The van der Waals surface area contributed by atoms with Crippen LogP contribution in [0.15, 0.2) is 32.7 Å². The normalized spacial score (nSPS) is 47.0. The molecule has 0 aromatic carbocycles. The van der Waals surface area contributed by atoms with Gasteiger partial charge in [0.2, 0.25) is 0 Å². The highest BCUT2D eigenvalue weighted by molar-refractivity contribution is 6.55. The van der Waals surface area contributed by atoms with E-state index in [1.807, 2.05) is 32.7 Å². The molecule has 0 N–H and O–H groups in total. The van der Waals surface area contributed by atoms with Crippen molar-refractivity contribution >= 4 is 9.52 Å². The van der Waals surface area contributed by atoms with Crippen LogP contribution < -0.4 is 0 Å². The lowest BCUT2D eigenvalue weighted by Crippen LogP contribution is -2.35. The molecule has 0 nitrogen and oxygen atoms in total. The topological polar surface area (TPSA) is 0 Å². The van der Waals surface area contributed by atoms with Gasteiger partial charge >= 0.3 is 0 Å². The molecule has 0 aromatic rings. The predicted molar refractivity (Wildman–Crippen MR) is 103 cm³/mol. The third-order valence-corrected chi connectivity index (χ3v) is 11.2. The third-order valence-electron chi connectivity index (χ3n) is 9.35. The summed E-state index contributed by atoms with van der Waals surface area (Å²) in [6.45, 7) is 0. The first-order valence-electron chi connectivity index (χ1n) is 11.4. The van der Waals surface area contributed by atoms with Crippen LogP contribution in [0.5, 0.6) is 0 Å². The van der Waals surface area contributed by atoms with E-state index in [0.29, 0.717) is 0 Å². The first-order chi connectivity index (χ1) is 12.4. The van der Waals surface area contributed by atoms with Crippen molar-refractivity contribution in [3.8, 4) is 0 Å². The second kappa shape index (κ2) is 5.03. The molecule has 1 heteroatoms. The Morgan fingerprint density at radius 1 is 0.360 bits per heavy atom. The van der Waals surface area contributed by atoms with Crippen molar-refractivity contribution in [1.82, 2.24) is 0 Å². The summed E-state index contributed by atoms with van der Waals surface area (Å²) < 4.78 is 0. The van der Waals surface area contributed by atoms with Crippen molar-refractivity contribution in [3.05, 3.63) is 32.7 Å². The number of hydrogen-bond acceptors (Lipinski definition) is 0. The molecule has 10 aliphatic rings. The maximum atomic E-state index is 2.03. The molecule has 0 aromatic heterocycles. The summed E-state index contributed by atoms with van der Waals surface area (Å²) in [7, 11) is 1.12. The van der Waals surface area contributed by atoms with Crippen LogP contribution in [0.3, 0.4) is 0 Å². The van der Waals surface area contributed by atoms with Crippen molar-refractivity contribution in [3.63, 3.8) is 0 Å². The summed E-state index contributed by atoms with van der Waals surface area (Å²) in [4.78, 5) is 0.